The van der Waals surface area contributed by atoms with Gasteiger partial charge in [-0.3, -0.25) is 33.6 Å². The second-order valence-electron chi connectivity index (χ2n) is 26.7. The summed E-state index contributed by atoms with van der Waals surface area (Å²) in [6.45, 7) is 0.255. The fourth-order valence-corrected chi connectivity index (χ4v) is 20.5. The molecule has 0 saturated carbocycles. The first kappa shape index (κ1) is 118. The summed E-state index contributed by atoms with van der Waals surface area (Å²) in [6, 6.07) is 50.9. The van der Waals surface area contributed by atoms with Gasteiger partial charge in [0.05, 0.1) is 76.2 Å². The molecule has 7 aromatic heterocycles. The molecule has 2 N–H and O–H groups in total. The van der Waals surface area contributed by atoms with Crippen molar-refractivity contribution in [1.82, 2.24) is 0 Å². The number of thiophene rings is 7. The van der Waals surface area contributed by atoms with Crippen LogP contribution in [0, 0.1) is 34.0 Å². The third kappa shape index (κ3) is 42.9. The maximum Gasteiger partial charge on any atom is 1.00 e. The summed E-state index contributed by atoms with van der Waals surface area (Å²) >= 11 is 29.8. The van der Waals surface area contributed by atoms with Gasteiger partial charge in [0.2, 0.25) is 5.24 Å². The molecule has 128 heavy (non-hydrogen) atoms. The number of hydrogen-bond acceptors (Lipinski definition) is 22. The van der Waals surface area contributed by atoms with E-state index in [0.717, 1.165) is 96.7 Å². The number of carboxylic acid groups (broad SMARTS) is 1. The number of unbranched alkanes of at least 4 members (excludes halogenated alkanes) is 2. The molecule has 0 aliphatic rings. The molecular weight excluding hydrogens is 2360 g/mol. The Bertz CT molecular complexity index is 5950. The zero-order chi connectivity index (χ0) is 91.4. The first-order valence-corrected chi connectivity index (χ1v) is 64.1. The number of hydrogen-bond donors (Lipinski definition) is 2. The van der Waals surface area contributed by atoms with Gasteiger partial charge in [-0.1, -0.05) is 93.7 Å². The number of rotatable bonds is 27. The zero-order valence-corrected chi connectivity index (χ0v) is 92.4. The van der Waals surface area contributed by atoms with Crippen molar-refractivity contribution in [3.63, 3.8) is 0 Å². The number of ketones is 1. The van der Waals surface area contributed by atoms with Gasteiger partial charge in [-0.2, -0.15) is 15.8 Å². The quantitative estimate of drug-likeness (QED) is 0.00708. The molecule has 0 fully saturated rings. The van der Waals surface area contributed by atoms with Crippen molar-refractivity contribution in [2.75, 3.05) is 39.5 Å². The number of carboxylic acids is 1. The Labute approximate surface area is 871 Å². The Morgan fingerprint density at radius 3 is 1.06 bits per heavy atom. The Kier molecular flexibility index (Phi) is 59.1. The molecule has 7 heterocycles. The molecule has 0 atom stereocenters. The van der Waals surface area contributed by atoms with Gasteiger partial charge in [-0.15, -0.1) is 79.4 Å². The summed E-state index contributed by atoms with van der Waals surface area (Å²) in [5.41, 5.74) is 9.31. The Hall–Kier alpha value is -4.66. The smallest absolute Gasteiger partial charge is 1.00 e. The van der Waals surface area contributed by atoms with Crippen molar-refractivity contribution in [2.24, 2.45) is 0 Å². The van der Waals surface area contributed by atoms with Crippen LogP contribution in [-0.4, -0.2) is 113 Å². The van der Waals surface area contributed by atoms with Gasteiger partial charge in [0.25, 0.3) is 0 Å². The average molecular weight is 2450 g/mol. The van der Waals surface area contributed by atoms with Crippen LogP contribution in [-0.2, 0) is 79.8 Å². The number of nitrogens with zero attached hydrogens (tertiary/aromatic N) is 3. The topological polar surface area (TPSA) is 268 Å². The molecule has 0 amide bonds. The third-order valence-electron chi connectivity index (χ3n) is 18.0. The van der Waals surface area contributed by atoms with Crippen molar-refractivity contribution in [3.05, 3.63) is 239 Å². The Morgan fingerprint density at radius 1 is 0.406 bits per heavy atom. The number of carbonyl (C=O) groups excluding carboxylic acids is 6. The minimum Gasteiger partial charge on any atom is -1.00 e. The van der Waals surface area contributed by atoms with Crippen LogP contribution >= 0.6 is 213 Å². The fourth-order valence-electron chi connectivity index (χ4n) is 11.8. The van der Waals surface area contributed by atoms with Crippen LogP contribution in [0.5, 0.6) is 0 Å². The molecule has 0 aliphatic heterocycles. The van der Waals surface area contributed by atoms with Crippen LogP contribution in [0.3, 0.4) is 0 Å². The number of Topliss-reactive ketones (excluding diaryl/α,β-unsaturated/α-hetero) is 1. The van der Waals surface area contributed by atoms with E-state index < -0.39 is 31.1 Å². The molecule has 36 heteroatoms. The van der Waals surface area contributed by atoms with E-state index in [1.54, 1.807) is 68.0 Å². The predicted octanol–water partition coefficient (Wildman–Crippen LogP) is 27.0. The standard InChI is InChI=1S/C14H13NO2S.C13H11BrO3S.C13H13BrO2S.C13H12INS.C13H13NOS.C12H11BrO2S.C8H5BrS.C5H7ClO3.CH4.B.4ClH.Na.Sn.H/c1-17-14(16)4-2-3-11-9-18-13-6-5-10(8-15)7-12(11)13;1-17-13(16)5-3-11(15)10-7-18-12-4-2-8(14)6-9(10)12;1-16-13(15)4-2-3-9-8-17-12-6-5-10(14)7-11(9)12;14-6-2-1-3-11-9-16-13-5-4-10(8-15)7-12(11)13;14-8-10-4-5-13-12(7-10)11(9-16-13)3-1-2-6-15;13-9-4-5-11-10(6-9)8(7-16-11)2-1-3-12(14)15;9-7-1-2-8-6(5-7)3-4-10-8;1-9-5(8)3-2-4(6)7;;;;;;;;;/h5-7,9H,2-4H2,1H3;2,4,6-7H,3,5H2,1H3;5-8H,2-4H2,1H3;4-5,7,9H,1-3,6H2;4-5,7,9,15H,1-3,6H2;4-7H,1-3H2,(H,14,15);1-5H;2-3H2,1H3;1H4;;4*1H;;;/q;;;;;;;;;;;;;;+1;+4;-1/p-4. The number of ether oxygens (including phenoxy) is 4. The second-order valence-corrected chi connectivity index (χ2v) is 63.8. The van der Waals surface area contributed by atoms with Gasteiger partial charge in [0.1, 0.15) is 0 Å². The van der Waals surface area contributed by atoms with Crippen LogP contribution < -0.4 is 29.6 Å². The molecule has 0 spiro atoms. The van der Waals surface area contributed by atoms with Crippen LogP contribution in [0.2, 0.25) is 0 Å². The number of aliphatic carboxylic acids is 1. The predicted molar refractivity (Wildman–Crippen MR) is 561 cm³/mol. The molecule has 7 aromatic carbocycles. The van der Waals surface area contributed by atoms with E-state index in [4.69, 9.17) is 73.3 Å². The Morgan fingerprint density at radius 2 is 0.711 bits per heavy atom. The minimum absolute atomic E-state index is 0. The number of benzene rings is 7. The summed E-state index contributed by atoms with van der Waals surface area (Å²) in [4.78, 5) is 75.9. The number of aryl methyl sites for hydroxylation is 5. The first-order valence-electron chi connectivity index (χ1n) is 38.4. The third-order valence-corrected chi connectivity index (χ3v) is 27.8. The number of carbonyl (C=O) groups is 7. The number of aliphatic hydroxyl groups is 1. The number of fused-ring (bicyclic) bond motifs is 7. The molecule has 14 aromatic rings. The molecule has 0 unspecified atom stereocenters. The summed E-state index contributed by atoms with van der Waals surface area (Å²) in [5, 5.41) is 66.6. The molecule has 3 radical (unpaired) electrons. The summed E-state index contributed by atoms with van der Waals surface area (Å²) in [7, 11) is 25.6. The van der Waals surface area contributed by atoms with Crippen LogP contribution in [0.25, 0.3) is 70.6 Å². The zero-order valence-electron chi connectivity index (χ0n) is 70.5. The van der Waals surface area contributed by atoms with Gasteiger partial charge < -0.3 is 30.6 Å². The van der Waals surface area contributed by atoms with Crippen LogP contribution in [0.4, 0.5) is 0 Å². The molecule has 14 rings (SSSR count). The van der Waals surface area contributed by atoms with Gasteiger partial charge in [-0.05, 0) is 319 Å². The number of aliphatic hydroxyl groups excluding tert-OH is 1. The van der Waals surface area contributed by atoms with Crippen LogP contribution in [0.1, 0.15) is 154 Å². The monoisotopic (exact) mass is 2440 g/mol. The van der Waals surface area contributed by atoms with Gasteiger partial charge in [-0.25, -0.2) is 0 Å². The average Bonchev–Trinajstić information content (AvgIpc) is 1.66. The molecule has 16 nitrogen and oxygen atoms in total. The van der Waals surface area contributed by atoms with E-state index in [1.165, 1.54) is 140 Å². The van der Waals surface area contributed by atoms with Crippen molar-refractivity contribution in [2.45, 2.75) is 129 Å². The molecular formula is C92H90BBr4Cl5IN3NaO13S7Sn. The summed E-state index contributed by atoms with van der Waals surface area (Å²) < 4.78 is 32.2. The number of methoxy groups -OCH3 is 4. The van der Waals surface area contributed by atoms with Gasteiger partial charge in [0.15, 0.2) is 5.78 Å². The molecule has 0 saturated heterocycles. The second kappa shape index (κ2) is 64.3. The van der Waals surface area contributed by atoms with E-state index in [-0.39, 0.29) is 109 Å². The van der Waals surface area contributed by atoms with E-state index in [0.29, 0.717) is 36.0 Å². The number of nitriles is 3. The largest absolute Gasteiger partial charge is 1.00 e. The fraction of sp³-hybridized carbons (Fsp3) is 0.283. The summed E-state index contributed by atoms with van der Waals surface area (Å²) in [6.07, 6.45) is 13.0. The van der Waals surface area contributed by atoms with E-state index >= 15 is 0 Å². The van der Waals surface area contributed by atoms with Gasteiger partial charge >= 0.3 is 109 Å². The van der Waals surface area contributed by atoms with Crippen molar-refractivity contribution in [3.8, 4) is 18.2 Å². The van der Waals surface area contributed by atoms with Crippen molar-refractivity contribution >= 4 is 347 Å². The number of esters is 4. The maximum atomic E-state index is 12.0. The minimum atomic E-state index is -3.29. The van der Waals surface area contributed by atoms with Crippen LogP contribution in [0.15, 0.2) is 189 Å². The normalized spacial score (nSPS) is 10.2. The van der Waals surface area contributed by atoms with E-state index in [1.807, 2.05) is 78.2 Å². The molecule has 0 aliphatic carbocycles. The molecule has 671 valence electrons. The van der Waals surface area contributed by atoms with E-state index in [2.05, 4.69) is 216 Å². The molecule has 0 bridgehead atoms. The number of halogens is 10. The summed E-state index contributed by atoms with van der Waals surface area (Å²) in [5.74, 6) is -1.82. The SMILES string of the molecule is Brc1ccc2sccc2c1.C.COC(=O)CCC(=O)Cl.COC(=O)CCC(=O)c1csc2ccc(Br)cc12.COC(=O)CCCc1csc2ccc(Br)cc12.COC(=O)CCCc1csc2ccc(C#N)cc12.N#Cc1ccc2scc(CCCCI)c2c1.N#Cc1ccc2scc(CCCCO)c2c1.O=C(O)CCCc1csc2ccc(Br)cc12.[B].[Cl][Sn]([Cl])([Cl])[Cl].[H-].[Na+]. The van der Waals surface area contributed by atoms with E-state index in [9.17, 15) is 33.6 Å². The first-order chi connectivity index (χ1) is 59.9. The Balaban J connectivity index is 0.000000496. The van der Waals surface area contributed by atoms with Gasteiger partial charge in [0, 0.05) is 114 Å². The van der Waals surface area contributed by atoms with Crippen molar-refractivity contribution in [1.29, 1.82) is 15.8 Å². The van der Waals surface area contributed by atoms with Crippen molar-refractivity contribution < 1.29 is 93.7 Å². The number of alkyl halides is 1. The maximum absolute atomic E-state index is 12.0.